The van der Waals surface area contributed by atoms with E-state index in [2.05, 4.69) is 0 Å². The Balaban J connectivity index is 1.30. The monoisotopic (exact) mass is 444 g/mol. The van der Waals surface area contributed by atoms with Crippen LogP contribution < -0.4 is 0 Å². The largest absolute Gasteiger partial charge is 0.371 e. The molecule has 2 saturated heterocycles. The molecule has 0 aromatic heterocycles. The van der Waals surface area contributed by atoms with Gasteiger partial charge in [0.1, 0.15) is 6.10 Å². The van der Waals surface area contributed by atoms with Gasteiger partial charge in [-0.25, -0.2) is 0 Å². The van der Waals surface area contributed by atoms with Crippen molar-refractivity contribution in [2.75, 3.05) is 6.61 Å². The number of ketones is 1. The van der Waals surface area contributed by atoms with Gasteiger partial charge in [0.25, 0.3) is 0 Å². The molecule has 5 nitrogen and oxygen atoms in total. The second kappa shape index (κ2) is 10.4. The maximum atomic E-state index is 12.9. The molecule has 33 heavy (non-hydrogen) atoms. The van der Waals surface area contributed by atoms with Gasteiger partial charge in [0.05, 0.1) is 31.5 Å². The molecule has 170 valence electrons. The zero-order valence-corrected chi connectivity index (χ0v) is 18.4. The van der Waals surface area contributed by atoms with E-state index in [-0.39, 0.29) is 36.6 Å². The van der Waals surface area contributed by atoms with Crippen LogP contribution in [0.2, 0.25) is 0 Å². The van der Waals surface area contributed by atoms with Gasteiger partial charge in [0.2, 0.25) is 0 Å². The molecule has 2 heterocycles. The van der Waals surface area contributed by atoms with Crippen LogP contribution in [0, 0.1) is 0 Å². The SMILES string of the molecule is O=C(C[C@H]1O[C@@H]2CO[C@@H](c3ccccc3)O[C@H]2C[C@H]1OCc1ccccc1)c1ccccc1. The Labute approximate surface area is 194 Å². The fourth-order valence-corrected chi connectivity index (χ4v) is 4.44. The molecule has 2 aliphatic rings. The molecule has 0 aliphatic carbocycles. The third-order valence-electron chi connectivity index (χ3n) is 6.21. The standard InChI is InChI=1S/C28H28O5/c29-23(21-12-6-2-7-13-21)16-25-24(30-18-20-10-4-1-5-11-20)17-26-27(32-25)19-31-28(33-26)22-14-8-3-9-15-22/h1-15,24-28H,16-19H2/t24-,25-,26+,27-,28-/m1/s1. The molecule has 0 spiro atoms. The van der Waals surface area contributed by atoms with E-state index in [0.717, 1.165) is 11.1 Å². The number of carbonyl (C=O) groups is 1. The minimum Gasteiger partial charge on any atom is -0.371 e. The Morgan fingerprint density at radius 2 is 1.48 bits per heavy atom. The average molecular weight is 445 g/mol. The van der Waals surface area contributed by atoms with E-state index >= 15 is 0 Å². The van der Waals surface area contributed by atoms with Crippen molar-refractivity contribution < 1.29 is 23.7 Å². The van der Waals surface area contributed by atoms with Gasteiger partial charge in [-0.15, -0.1) is 0 Å². The molecule has 0 saturated carbocycles. The second-order valence-corrected chi connectivity index (χ2v) is 8.53. The number of benzene rings is 3. The fraction of sp³-hybridized carbons (Fsp3) is 0.321. The summed E-state index contributed by atoms with van der Waals surface area (Å²) in [5, 5.41) is 0. The van der Waals surface area contributed by atoms with Crippen molar-refractivity contribution in [3.8, 4) is 0 Å². The highest BCUT2D eigenvalue weighted by Gasteiger charge is 2.44. The Bertz CT molecular complexity index is 1020. The van der Waals surface area contributed by atoms with Gasteiger partial charge in [-0.05, 0) is 5.56 Å². The maximum Gasteiger partial charge on any atom is 0.184 e. The zero-order valence-electron chi connectivity index (χ0n) is 18.4. The van der Waals surface area contributed by atoms with Crippen LogP contribution >= 0.6 is 0 Å². The van der Waals surface area contributed by atoms with Crippen molar-refractivity contribution >= 4 is 5.78 Å². The van der Waals surface area contributed by atoms with E-state index < -0.39 is 6.29 Å². The van der Waals surface area contributed by atoms with Crippen molar-refractivity contribution in [2.24, 2.45) is 0 Å². The van der Waals surface area contributed by atoms with Gasteiger partial charge in [0, 0.05) is 24.0 Å². The normalized spacial score (nSPS) is 27.0. The van der Waals surface area contributed by atoms with Gasteiger partial charge in [-0.1, -0.05) is 91.0 Å². The van der Waals surface area contributed by atoms with Gasteiger partial charge >= 0.3 is 0 Å². The smallest absolute Gasteiger partial charge is 0.184 e. The fourth-order valence-electron chi connectivity index (χ4n) is 4.44. The van der Waals surface area contributed by atoms with Crippen LogP contribution in [0.15, 0.2) is 91.0 Å². The predicted molar refractivity (Wildman–Crippen MR) is 124 cm³/mol. The summed E-state index contributed by atoms with van der Waals surface area (Å²) >= 11 is 0. The van der Waals surface area contributed by atoms with Crippen molar-refractivity contribution in [2.45, 2.75) is 50.2 Å². The number of Topliss-reactive ketones (excluding diaryl/α,β-unsaturated/α-hetero) is 1. The van der Waals surface area contributed by atoms with Crippen LogP contribution in [0.25, 0.3) is 0 Å². The van der Waals surface area contributed by atoms with Crippen LogP contribution in [0.3, 0.4) is 0 Å². The summed E-state index contributed by atoms with van der Waals surface area (Å²) in [7, 11) is 0. The number of rotatable bonds is 7. The number of hydrogen-bond acceptors (Lipinski definition) is 5. The van der Waals surface area contributed by atoms with Crippen LogP contribution in [0.1, 0.15) is 40.6 Å². The molecule has 0 radical (unpaired) electrons. The third kappa shape index (κ3) is 5.40. The lowest BCUT2D eigenvalue weighted by molar-refractivity contribution is -0.305. The van der Waals surface area contributed by atoms with Gasteiger partial charge in [0.15, 0.2) is 12.1 Å². The highest BCUT2D eigenvalue weighted by Crippen LogP contribution is 2.36. The van der Waals surface area contributed by atoms with E-state index in [1.165, 1.54) is 0 Å². The summed E-state index contributed by atoms with van der Waals surface area (Å²) < 4.78 is 24.9. The molecule has 5 rings (SSSR count). The number of fused-ring (bicyclic) bond motifs is 1. The topological polar surface area (TPSA) is 54.0 Å². The Morgan fingerprint density at radius 1 is 0.818 bits per heavy atom. The molecular formula is C28H28O5. The lowest BCUT2D eigenvalue weighted by Crippen LogP contribution is -2.54. The number of ether oxygens (including phenoxy) is 4. The van der Waals surface area contributed by atoms with E-state index in [9.17, 15) is 4.79 Å². The van der Waals surface area contributed by atoms with E-state index in [1.54, 1.807) is 0 Å². The summed E-state index contributed by atoms with van der Waals surface area (Å²) in [5.74, 6) is 0.0483. The van der Waals surface area contributed by atoms with Crippen molar-refractivity contribution in [3.05, 3.63) is 108 Å². The molecule has 0 N–H and O–H groups in total. The number of hydrogen-bond donors (Lipinski definition) is 0. The molecule has 3 aromatic carbocycles. The van der Waals surface area contributed by atoms with Crippen LogP contribution in [0.5, 0.6) is 0 Å². The quantitative estimate of drug-likeness (QED) is 0.474. The Hall–Kier alpha value is -2.83. The zero-order chi connectivity index (χ0) is 22.5. The molecule has 0 unspecified atom stereocenters. The first kappa shape index (κ1) is 22.0. The first-order valence-corrected chi connectivity index (χ1v) is 11.5. The molecule has 0 bridgehead atoms. The summed E-state index contributed by atoms with van der Waals surface area (Å²) in [4.78, 5) is 12.9. The first-order valence-electron chi connectivity index (χ1n) is 11.5. The summed E-state index contributed by atoms with van der Waals surface area (Å²) in [6.07, 6.45) is -0.515. The predicted octanol–water partition coefficient (Wildman–Crippen LogP) is 5.12. The summed E-state index contributed by atoms with van der Waals surface area (Å²) in [5.41, 5.74) is 2.76. The molecule has 2 fully saturated rings. The van der Waals surface area contributed by atoms with Gasteiger partial charge < -0.3 is 18.9 Å². The molecule has 2 aliphatic heterocycles. The minimum absolute atomic E-state index is 0.0483. The highest BCUT2D eigenvalue weighted by molar-refractivity contribution is 5.96. The Morgan fingerprint density at radius 3 is 2.21 bits per heavy atom. The lowest BCUT2D eigenvalue weighted by atomic mass is 9.93. The molecule has 0 amide bonds. The van der Waals surface area contributed by atoms with Gasteiger partial charge in [-0.2, -0.15) is 0 Å². The average Bonchev–Trinajstić information content (AvgIpc) is 2.89. The van der Waals surface area contributed by atoms with Crippen molar-refractivity contribution in [3.63, 3.8) is 0 Å². The third-order valence-corrected chi connectivity index (χ3v) is 6.21. The Kier molecular flexibility index (Phi) is 6.93. The van der Waals surface area contributed by atoms with Crippen LogP contribution in [0.4, 0.5) is 0 Å². The minimum atomic E-state index is -0.423. The van der Waals surface area contributed by atoms with Crippen LogP contribution in [-0.2, 0) is 25.6 Å². The second-order valence-electron chi connectivity index (χ2n) is 8.53. The van der Waals surface area contributed by atoms with E-state index in [4.69, 9.17) is 18.9 Å². The van der Waals surface area contributed by atoms with E-state index in [0.29, 0.717) is 25.2 Å². The maximum absolute atomic E-state index is 12.9. The van der Waals surface area contributed by atoms with Crippen LogP contribution in [-0.4, -0.2) is 36.8 Å². The molecular weight excluding hydrogens is 416 g/mol. The highest BCUT2D eigenvalue weighted by atomic mass is 16.7. The van der Waals surface area contributed by atoms with Crippen molar-refractivity contribution in [1.82, 2.24) is 0 Å². The molecule has 5 atom stereocenters. The lowest BCUT2D eigenvalue weighted by Gasteiger charge is -2.45. The van der Waals surface area contributed by atoms with Gasteiger partial charge in [-0.3, -0.25) is 4.79 Å². The summed E-state index contributed by atoms with van der Waals surface area (Å²) in [6, 6.07) is 29.3. The summed E-state index contributed by atoms with van der Waals surface area (Å²) in [6.45, 7) is 0.882. The molecule has 3 aromatic rings. The van der Waals surface area contributed by atoms with E-state index in [1.807, 2.05) is 91.0 Å². The first-order chi connectivity index (χ1) is 16.3. The number of carbonyl (C=O) groups excluding carboxylic acids is 1. The molecule has 5 heteroatoms. The van der Waals surface area contributed by atoms with Crippen molar-refractivity contribution in [1.29, 1.82) is 0 Å².